The molecule has 6 rings (SSSR count). The number of piperidine rings is 3. The van der Waals surface area contributed by atoms with Gasteiger partial charge in [-0.25, -0.2) is 4.98 Å². The first-order chi connectivity index (χ1) is 15.6. The molecule has 3 saturated heterocycles. The van der Waals surface area contributed by atoms with E-state index in [1.165, 1.54) is 16.9 Å². The van der Waals surface area contributed by atoms with Crippen LogP contribution in [0.2, 0.25) is 0 Å². The molecule has 5 heterocycles. The van der Waals surface area contributed by atoms with Crippen LogP contribution in [0, 0.1) is 11.8 Å². The molecular weight excluding hydrogens is 422 g/mol. The second kappa shape index (κ2) is 9.48. The molecule has 3 aliphatic rings. The van der Waals surface area contributed by atoms with Crippen LogP contribution in [0.15, 0.2) is 48.1 Å². The van der Waals surface area contributed by atoms with E-state index in [0.717, 1.165) is 51.3 Å². The number of carbonyl (C=O) groups excluding carboxylic acids is 1. The van der Waals surface area contributed by atoms with E-state index >= 15 is 0 Å². The van der Waals surface area contributed by atoms with E-state index in [-0.39, 0.29) is 11.8 Å². The predicted octanol–water partition coefficient (Wildman–Crippen LogP) is 2.72. The molecule has 3 aromatic rings. The summed E-state index contributed by atoms with van der Waals surface area (Å²) in [6, 6.07) is 10.9. The number of fused-ring (bicyclic) bond motifs is 3. The van der Waals surface area contributed by atoms with Crippen LogP contribution >= 0.6 is 11.3 Å². The average Bonchev–Trinajstić information content (AvgIpc) is 3.47. The quantitative estimate of drug-likeness (QED) is 0.567. The Hall–Kier alpha value is -2.62. The summed E-state index contributed by atoms with van der Waals surface area (Å²) in [5, 5.41) is 14.3. The molecule has 0 saturated carbocycles. The first-order valence-electron chi connectivity index (χ1n) is 11.2. The topological polar surface area (TPSA) is 79.2 Å². The van der Waals surface area contributed by atoms with Crippen molar-refractivity contribution >= 4 is 22.4 Å². The van der Waals surface area contributed by atoms with Gasteiger partial charge in [-0.15, -0.1) is 16.4 Å². The van der Waals surface area contributed by atoms with Crippen molar-refractivity contribution in [3.8, 4) is 0 Å². The van der Waals surface area contributed by atoms with E-state index in [9.17, 15) is 4.79 Å². The monoisotopic (exact) mass is 451 g/mol. The molecule has 1 amide bonds. The molecule has 2 bridgehead atoms. The van der Waals surface area contributed by atoms with Crippen LogP contribution < -0.4 is 5.32 Å². The molecule has 8 nitrogen and oxygen atoms in total. The van der Waals surface area contributed by atoms with E-state index in [1.807, 2.05) is 16.1 Å². The van der Waals surface area contributed by atoms with E-state index in [0.29, 0.717) is 17.1 Å². The Labute approximate surface area is 192 Å². The van der Waals surface area contributed by atoms with Gasteiger partial charge in [0, 0.05) is 43.4 Å². The summed E-state index contributed by atoms with van der Waals surface area (Å²) < 4.78 is 1.97. The molecule has 4 atom stereocenters. The van der Waals surface area contributed by atoms with Crippen LogP contribution in [0.25, 0.3) is 0 Å². The maximum absolute atomic E-state index is 12.8. The number of anilines is 1. The van der Waals surface area contributed by atoms with Crippen molar-refractivity contribution in [2.24, 2.45) is 11.8 Å². The molecule has 3 fully saturated rings. The summed E-state index contributed by atoms with van der Waals surface area (Å²) >= 11 is 1.47. The Kier molecular flexibility index (Phi) is 6.29. The third-order valence-corrected chi connectivity index (χ3v) is 7.28. The highest BCUT2D eigenvalue weighted by Crippen LogP contribution is 2.37. The maximum atomic E-state index is 12.8. The largest absolute Gasteiger partial charge is 0.302 e. The van der Waals surface area contributed by atoms with Crippen LogP contribution in [-0.2, 0) is 24.4 Å². The summed E-state index contributed by atoms with van der Waals surface area (Å²) in [4.78, 5) is 21.6. The first kappa shape index (κ1) is 21.2. The second-order valence-corrected chi connectivity index (χ2v) is 9.85. The zero-order valence-electron chi connectivity index (χ0n) is 18.3. The molecule has 0 aliphatic carbocycles. The maximum Gasteiger partial charge on any atom is 0.230 e. The number of rotatable bonds is 8. The normalized spacial score (nSPS) is 24.7. The SMILES string of the molecule is CN(Cc1ccccc1)Cc1cn(C[C@H]2C[C@@H]3CCN2C[C@@H]3C(=O)Nc2nccs2)nn1. The second-order valence-electron chi connectivity index (χ2n) is 8.96. The molecule has 1 N–H and O–H groups in total. The first-order valence-corrected chi connectivity index (χ1v) is 12.1. The Bertz CT molecular complexity index is 1020. The third kappa shape index (κ3) is 4.90. The summed E-state index contributed by atoms with van der Waals surface area (Å²) in [6.07, 6.45) is 5.90. The number of aromatic nitrogens is 4. The van der Waals surface area contributed by atoms with E-state index in [2.05, 4.69) is 67.9 Å². The predicted molar refractivity (Wildman–Crippen MR) is 124 cm³/mol. The smallest absolute Gasteiger partial charge is 0.230 e. The van der Waals surface area contributed by atoms with Gasteiger partial charge in [-0.1, -0.05) is 35.5 Å². The molecule has 1 aromatic carbocycles. The van der Waals surface area contributed by atoms with Crippen LogP contribution in [-0.4, -0.2) is 61.9 Å². The Morgan fingerprint density at radius 1 is 1.28 bits per heavy atom. The zero-order valence-corrected chi connectivity index (χ0v) is 19.1. The molecule has 0 radical (unpaired) electrons. The number of carbonyl (C=O) groups is 1. The average molecular weight is 452 g/mol. The number of nitrogens with zero attached hydrogens (tertiary/aromatic N) is 6. The summed E-state index contributed by atoms with van der Waals surface area (Å²) in [5.41, 5.74) is 2.28. The summed E-state index contributed by atoms with van der Waals surface area (Å²) in [6.45, 7) is 4.35. The minimum Gasteiger partial charge on any atom is -0.302 e. The van der Waals surface area contributed by atoms with Crippen molar-refractivity contribution in [3.05, 3.63) is 59.4 Å². The Morgan fingerprint density at radius 3 is 2.91 bits per heavy atom. The number of hydrogen-bond donors (Lipinski definition) is 1. The lowest BCUT2D eigenvalue weighted by molar-refractivity contribution is -0.127. The minimum atomic E-state index is 0.0434. The van der Waals surface area contributed by atoms with Gasteiger partial charge in [-0.2, -0.15) is 0 Å². The molecular formula is C23H29N7OS. The van der Waals surface area contributed by atoms with Crippen molar-refractivity contribution in [2.75, 3.05) is 25.5 Å². The number of amides is 1. The van der Waals surface area contributed by atoms with Crippen molar-refractivity contribution in [3.63, 3.8) is 0 Å². The number of benzene rings is 1. The van der Waals surface area contributed by atoms with Crippen molar-refractivity contribution in [2.45, 2.75) is 38.5 Å². The summed E-state index contributed by atoms with van der Waals surface area (Å²) in [7, 11) is 2.11. The zero-order chi connectivity index (χ0) is 21.9. The Morgan fingerprint density at radius 2 is 2.16 bits per heavy atom. The third-order valence-electron chi connectivity index (χ3n) is 6.59. The van der Waals surface area contributed by atoms with Gasteiger partial charge in [0.15, 0.2) is 5.13 Å². The lowest BCUT2D eigenvalue weighted by Crippen LogP contribution is -2.57. The Balaban J connectivity index is 1.14. The van der Waals surface area contributed by atoms with Gasteiger partial charge in [0.2, 0.25) is 5.91 Å². The minimum absolute atomic E-state index is 0.0434. The van der Waals surface area contributed by atoms with Gasteiger partial charge in [-0.3, -0.25) is 19.3 Å². The van der Waals surface area contributed by atoms with Crippen LogP contribution in [0.3, 0.4) is 0 Å². The highest BCUT2D eigenvalue weighted by Gasteiger charge is 2.43. The van der Waals surface area contributed by atoms with Gasteiger partial charge in [0.25, 0.3) is 0 Å². The molecule has 1 unspecified atom stereocenters. The molecule has 9 heteroatoms. The van der Waals surface area contributed by atoms with Gasteiger partial charge < -0.3 is 5.32 Å². The van der Waals surface area contributed by atoms with E-state index in [4.69, 9.17) is 0 Å². The number of thiazole rings is 1. The van der Waals surface area contributed by atoms with Crippen LogP contribution in [0.4, 0.5) is 5.13 Å². The van der Waals surface area contributed by atoms with E-state index in [1.54, 1.807) is 6.20 Å². The fourth-order valence-electron chi connectivity index (χ4n) is 5.05. The van der Waals surface area contributed by atoms with Gasteiger partial charge in [0.05, 0.1) is 18.2 Å². The van der Waals surface area contributed by atoms with Crippen LogP contribution in [0.1, 0.15) is 24.1 Å². The number of hydrogen-bond acceptors (Lipinski definition) is 7. The number of nitrogens with one attached hydrogen (secondary N) is 1. The van der Waals surface area contributed by atoms with Gasteiger partial charge in [-0.05, 0) is 37.9 Å². The van der Waals surface area contributed by atoms with Gasteiger partial charge in [0.1, 0.15) is 0 Å². The molecule has 3 aliphatic heterocycles. The molecule has 32 heavy (non-hydrogen) atoms. The summed E-state index contributed by atoms with van der Waals surface area (Å²) in [5.74, 6) is 0.574. The van der Waals surface area contributed by atoms with Crippen LogP contribution in [0.5, 0.6) is 0 Å². The van der Waals surface area contributed by atoms with Crippen molar-refractivity contribution in [1.29, 1.82) is 0 Å². The highest BCUT2D eigenvalue weighted by molar-refractivity contribution is 7.13. The molecule has 2 aromatic heterocycles. The fourth-order valence-corrected chi connectivity index (χ4v) is 5.58. The van der Waals surface area contributed by atoms with Crippen molar-refractivity contribution < 1.29 is 4.79 Å². The molecule has 0 spiro atoms. The highest BCUT2D eigenvalue weighted by atomic mass is 32.1. The lowest BCUT2D eigenvalue weighted by atomic mass is 9.75. The lowest BCUT2D eigenvalue weighted by Gasteiger charge is -2.49. The standard InChI is InChI=1S/C23H29N7OS/c1-28(12-17-5-3-2-4-6-17)13-19-14-30(27-26-19)15-20-11-18-7-9-29(20)16-21(18)22(31)25-23-24-8-10-32-23/h2-6,8,10,14,18,20-21H,7,9,11-13,15-16H2,1H3,(H,24,25,31)/t18-,20+,21-/m0/s1. The van der Waals surface area contributed by atoms with E-state index < -0.39 is 0 Å². The molecule has 168 valence electrons. The van der Waals surface area contributed by atoms with Crippen molar-refractivity contribution in [1.82, 2.24) is 29.8 Å². The van der Waals surface area contributed by atoms with Gasteiger partial charge >= 0.3 is 0 Å². The fraction of sp³-hybridized carbons (Fsp3) is 0.478.